The third-order valence-electron chi connectivity index (χ3n) is 1.70. The Morgan fingerprint density at radius 3 is 2.23 bits per heavy atom. The van der Waals surface area contributed by atoms with Gasteiger partial charge in [-0.25, -0.2) is 0 Å². The molecule has 0 saturated heterocycles. The monoisotopic (exact) mass is 231 g/mol. The van der Waals surface area contributed by atoms with Crippen molar-refractivity contribution in [2.75, 3.05) is 0 Å². The topological polar surface area (TPSA) is 94.5 Å². The normalized spacial score (nSPS) is 11.3. The molecule has 6 N–H and O–H groups in total. The molecular weight excluding hydrogens is 211 g/mol. The van der Waals surface area contributed by atoms with E-state index in [1.165, 1.54) is 25.7 Å². The van der Waals surface area contributed by atoms with Gasteiger partial charge < -0.3 is 16.4 Å². The summed E-state index contributed by atoms with van der Waals surface area (Å²) in [6.45, 7) is 2.24. The molecule has 0 fully saturated rings. The van der Waals surface area contributed by atoms with Crippen molar-refractivity contribution >= 4 is 0 Å². The van der Waals surface area contributed by atoms with E-state index < -0.39 is 0 Å². The Bertz CT molecular complexity index is 144. The van der Waals surface area contributed by atoms with Gasteiger partial charge in [-0.15, -0.1) is 0 Å². The molecule has 1 rings (SSSR count). The second kappa shape index (κ2) is 14.4. The van der Waals surface area contributed by atoms with E-state index in [1.54, 1.807) is 5.57 Å². The second-order valence-electron chi connectivity index (χ2n) is 2.56. The zero-order valence-electron chi connectivity index (χ0n) is 7.94. The van der Waals surface area contributed by atoms with E-state index in [0.717, 1.165) is 0 Å². The van der Waals surface area contributed by atoms with Crippen molar-refractivity contribution < 1.29 is 33.5 Å². The van der Waals surface area contributed by atoms with Crippen LogP contribution in [0.2, 0.25) is 0 Å². The standard InChI is InChI=1S/C9H14.Mn.3H2O/c1-2-3-6-9-7-4-5-8-9;;;;/h4-5,7H,2-3,6,8H2,1H3;;3*1H2. The third-order valence-corrected chi connectivity index (χ3v) is 1.70. The van der Waals surface area contributed by atoms with Crippen molar-refractivity contribution in [1.29, 1.82) is 0 Å². The summed E-state index contributed by atoms with van der Waals surface area (Å²) >= 11 is 0. The number of allylic oxidation sites excluding steroid dienone is 4. The van der Waals surface area contributed by atoms with Crippen LogP contribution in [0.1, 0.15) is 32.6 Å². The molecule has 1 aliphatic carbocycles. The molecule has 0 saturated carbocycles. The first-order valence-electron chi connectivity index (χ1n) is 3.78. The first-order valence-corrected chi connectivity index (χ1v) is 3.78. The summed E-state index contributed by atoms with van der Waals surface area (Å²) in [4.78, 5) is 0. The van der Waals surface area contributed by atoms with E-state index >= 15 is 0 Å². The average molecular weight is 231 g/mol. The van der Waals surface area contributed by atoms with Crippen LogP contribution in [-0.4, -0.2) is 16.4 Å². The fraction of sp³-hybridized carbons (Fsp3) is 0.556. The van der Waals surface area contributed by atoms with Gasteiger partial charge in [0.05, 0.1) is 0 Å². The molecule has 4 heteroatoms. The molecule has 81 valence electrons. The Morgan fingerprint density at radius 2 is 1.85 bits per heavy atom. The maximum absolute atomic E-state index is 2.25. The van der Waals surface area contributed by atoms with Gasteiger partial charge in [-0.1, -0.05) is 37.1 Å². The molecule has 0 aromatic carbocycles. The molecule has 0 aromatic rings. The van der Waals surface area contributed by atoms with Gasteiger partial charge in [0, 0.05) is 17.1 Å². The summed E-state index contributed by atoms with van der Waals surface area (Å²) in [6.07, 6.45) is 11.8. The number of rotatable bonds is 3. The fourth-order valence-corrected chi connectivity index (χ4v) is 1.08. The molecule has 0 bridgehead atoms. The van der Waals surface area contributed by atoms with Crippen LogP contribution in [0, 0.1) is 0 Å². The Balaban J connectivity index is -0.000000101. The van der Waals surface area contributed by atoms with E-state index in [-0.39, 0.29) is 33.5 Å². The van der Waals surface area contributed by atoms with Crippen LogP contribution in [0.5, 0.6) is 0 Å². The molecule has 1 radical (unpaired) electrons. The van der Waals surface area contributed by atoms with Crippen molar-refractivity contribution in [3.05, 3.63) is 23.8 Å². The van der Waals surface area contributed by atoms with E-state index in [0.29, 0.717) is 0 Å². The van der Waals surface area contributed by atoms with E-state index in [2.05, 4.69) is 25.2 Å². The van der Waals surface area contributed by atoms with E-state index in [9.17, 15) is 0 Å². The molecule has 0 unspecified atom stereocenters. The molecule has 0 heterocycles. The Kier molecular flexibility index (Phi) is 25.5. The molecule has 13 heavy (non-hydrogen) atoms. The van der Waals surface area contributed by atoms with Gasteiger partial charge in [-0.05, 0) is 19.3 Å². The van der Waals surface area contributed by atoms with Crippen LogP contribution in [0.4, 0.5) is 0 Å². The Hall–Kier alpha value is -0.121. The van der Waals surface area contributed by atoms with Gasteiger partial charge in [0.2, 0.25) is 0 Å². The SMILES string of the molecule is CCCCC1=CC=CC1.O.O.O.[Mn]. The van der Waals surface area contributed by atoms with Gasteiger partial charge in [-0.3, -0.25) is 0 Å². The van der Waals surface area contributed by atoms with Crippen molar-refractivity contribution in [1.82, 2.24) is 0 Å². The maximum atomic E-state index is 2.25. The zero-order chi connectivity index (χ0) is 6.53. The minimum atomic E-state index is 0. The summed E-state index contributed by atoms with van der Waals surface area (Å²) in [5.74, 6) is 0. The Morgan fingerprint density at radius 1 is 1.23 bits per heavy atom. The summed E-state index contributed by atoms with van der Waals surface area (Å²) in [7, 11) is 0. The summed E-state index contributed by atoms with van der Waals surface area (Å²) < 4.78 is 0. The molecule has 3 nitrogen and oxygen atoms in total. The Labute approximate surface area is 90.3 Å². The average Bonchev–Trinajstić information content (AvgIpc) is 2.34. The van der Waals surface area contributed by atoms with Crippen LogP contribution < -0.4 is 0 Å². The smallest absolute Gasteiger partial charge is 0 e. The van der Waals surface area contributed by atoms with Crippen LogP contribution in [0.3, 0.4) is 0 Å². The van der Waals surface area contributed by atoms with Gasteiger partial charge in [-0.2, -0.15) is 0 Å². The largest absolute Gasteiger partial charge is 0.412 e. The second-order valence-corrected chi connectivity index (χ2v) is 2.56. The van der Waals surface area contributed by atoms with Crippen molar-refractivity contribution in [3.63, 3.8) is 0 Å². The van der Waals surface area contributed by atoms with Gasteiger partial charge >= 0.3 is 0 Å². The maximum Gasteiger partial charge on any atom is 0 e. The van der Waals surface area contributed by atoms with Crippen LogP contribution in [0.25, 0.3) is 0 Å². The van der Waals surface area contributed by atoms with E-state index in [4.69, 9.17) is 0 Å². The zero-order valence-corrected chi connectivity index (χ0v) is 9.12. The summed E-state index contributed by atoms with van der Waals surface area (Å²) in [5, 5.41) is 0. The molecular formula is C9H20MnO3. The van der Waals surface area contributed by atoms with Gasteiger partial charge in [0.15, 0.2) is 0 Å². The molecule has 0 aliphatic heterocycles. The first kappa shape index (κ1) is 23.1. The first-order chi connectivity index (χ1) is 4.43. The van der Waals surface area contributed by atoms with Crippen molar-refractivity contribution in [3.8, 4) is 0 Å². The van der Waals surface area contributed by atoms with Gasteiger partial charge in [0.25, 0.3) is 0 Å². The van der Waals surface area contributed by atoms with Crippen LogP contribution in [-0.2, 0) is 17.1 Å². The fourth-order valence-electron chi connectivity index (χ4n) is 1.08. The molecule has 0 spiro atoms. The quantitative estimate of drug-likeness (QED) is 0.635. The minimum Gasteiger partial charge on any atom is -0.412 e. The van der Waals surface area contributed by atoms with Crippen molar-refractivity contribution in [2.24, 2.45) is 0 Å². The predicted octanol–water partition coefficient (Wildman–Crippen LogP) is 0.586. The molecule has 1 aliphatic rings. The van der Waals surface area contributed by atoms with Crippen molar-refractivity contribution in [2.45, 2.75) is 32.6 Å². The minimum absolute atomic E-state index is 0. The number of hydrogen-bond donors (Lipinski definition) is 0. The number of unbranched alkanes of at least 4 members (excludes halogenated alkanes) is 1. The molecule has 0 amide bonds. The van der Waals surface area contributed by atoms with Gasteiger partial charge in [0.1, 0.15) is 0 Å². The predicted molar refractivity (Wildman–Crippen MR) is 52.2 cm³/mol. The summed E-state index contributed by atoms with van der Waals surface area (Å²) in [6, 6.07) is 0. The number of hydrogen-bond acceptors (Lipinski definition) is 0. The van der Waals surface area contributed by atoms with Crippen LogP contribution >= 0.6 is 0 Å². The third kappa shape index (κ3) is 9.80. The summed E-state index contributed by atoms with van der Waals surface area (Å²) in [5.41, 5.74) is 1.61. The van der Waals surface area contributed by atoms with E-state index in [1.807, 2.05) is 0 Å². The molecule has 0 atom stereocenters. The molecule has 0 aromatic heterocycles. The van der Waals surface area contributed by atoms with Crippen LogP contribution in [0.15, 0.2) is 23.8 Å².